The molecule has 4 heteroatoms. The van der Waals surface area contributed by atoms with E-state index in [9.17, 15) is 4.79 Å². The Morgan fingerprint density at radius 3 is 2.18 bits per heavy atom. The summed E-state index contributed by atoms with van der Waals surface area (Å²) in [7, 11) is 0.425. The van der Waals surface area contributed by atoms with Crippen molar-refractivity contribution in [1.82, 2.24) is 0 Å². The Bertz CT molecular complexity index is 143. The summed E-state index contributed by atoms with van der Waals surface area (Å²) in [6, 6.07) is 0. The molecule has 0 aliphatic heterocycles. The third-order valence-corrected chi connectivity index (χ3v) is 1.58. The van der Waals surface area contributed by atoms with Gasteiger partial charge in [0.15, 0.2) is 5.60 Å². The smallest absolute Gasteiger partial charge is 0.323 e. The van der Waals surface area contributed by atoms with Crippen LogP contribution in [0.3, 0.4) is 0 Å². The van der Waals surface area contributed by atoms with Crippen molar-refractivity contribution in [1.29, 1.82) is 0 Å². The van der Waals surface area contributed by atoms with Crippen LogP contribution in [0, 0.1) is 0 Å². The quantitative estimate of drug-likeness (QED) is 0.568. The van der Waals surface area contributed by atoms with Crippen LogP contribution in [0.2, 0.25) is 0 Å². The summed E-state index contributed by atoms with van der Waals surface area (Å²) in [4.78, 5) is 11.1. The van der Waals surface area contributed by atoms with Crippen LogP contribution in [-0.2, 0) is 14.0 Å². The van der Waals surface area contributed by atoms with E-state index in [1.807, 2.05) is 13.8 Å². The first kappa shape index (κ1) is 10.6. The van der Waals surface area contributed by atoms with Gasteiger partial charge in [0.1, 0.15) is 0 Å². The zero-order valence-corrected chi connectivity index (χ0v) is 9.80. The van der Waals surface area contributed by atoms with Gasteiger partial charge in [-0.25, -0.2) is 0 Å². The van der Waals surface area contributed by atoms with E-state index in [0.717, 1.165) is 0 Å². The third kappa shape index (κ3) is 3.53. The van der Waals surface area contributed by atoms with Gasteiger partial charge < -0.3 is 9.16 Å². The highest BCUT2D eigenvalue weighted by Crippen LogP contribution is 2.13. The van der Waals surface area contributed by atoms with Gasteiger partial charge in [0, 0.05) is 0 Å². The second-order valence-corrected chi connectivity index (χ2v) is 3.58. The Morgan fingerprint density at radius 2 is 1.91 bits per heavy atom. The highest BCUT2D eigenvalue weighted by molar-refractivity contribution is 6.06. The standard InChI is InChI=1S/C7H16O3Si/c1-5(2)9-7(3,4)6(8)10-11/h5H,1-4,11H3. The van der Waals surface area contributed by atoms with Crippen LogP contribution in [0.25, 0.3) is 0 Å². The summed E-state index contributed by atoms with van der Waals surface area (Å²) in [6.07, 6.45) is 0.0470. The van der Waals surface area contributed by atoms with Crippen LogP contribution in [0.15, 0.2) is 0 Å². The van der Waals surface area contributed by atoms with E-state index in [4.69, 9.17) is 9.16 Å². The molecular formula is C7H16O3Si. The maximum atomic E-state index is 11.1. The molecule has 0 N–H and O–H groups in total. The molecule has 66 valence electrons. The fourth-order valence-corrected chi connectivity index (χ4v) is 1.37. The molecule has 0 spiro atoms. The van der Waals surface area contributed by atoms with E-state index < -0.39 is 5.60 Å². The van der Waals surface area contributed by atoms with Gasteiger partial charge in [0.2, 0.25) is 10.5 Å². The molecule has 0 heterocycles. The molecule has 0 radical (unpaired) electrons. The van der Waals surface area contributed by atoms with E-state index in [-0.39, 0.29) is 12.1 Å². The van der Waals surface area contributed by atoms with Crippen molar-refractivity contribution in [2.45, 2.75) is 39.4 Å². The Kier molecular flexibility index (Phi) is 3.75. The van der Waals surface area contributed by atoms with Crippen molar-refractivity contribution in [3.05, 3.63) is 0 Å². The normalized spacial score (nSPS) is 12.1. The molecule has 0 aliphatic rings. The molecule has 0 aliphatic carbocycles. The topological polar surface area (TPSA) is 35.5 Å². The maximum Gasteiger partial charge on any atom is 0.323 e. The molecule has 0 aromatic rings. The Balaban J connectivity index is 4.09. The van der Waals surface area contributed by atoms with Gasteiger partial charge in [-0.3, -0.25) is 4.79 Å². The lowest BCUT2D eigenvalue weighted by Crippen LogP contribution is -2.38. The van der Waals surface area contributed by atoms with Crippen LogP contribution in [0.1, 0.15) is 27.7 Å². The van der Waals surface area contributed by atoms with Crippen LogP contribution in [0.4, 0.5) is 0 Å². The number of ether oxygens (including phenoxy) is 1. The molecule has 11 heavy (non-hydrogen) atoms. The average molecular weight is 176 g/mol. The van der Waals surface area contributed by atoms with E-state index in [2.05, 4.69) is 0 Å². The van der Waals surface area contributed by atoms with Crippen LogP contribution in [0.5, 0.6) is 0 Å². The van der Waals surface area contributed by atoms with Crippen LogP contribution >= 0.6 is 0 Å². The summed E-state index contributed by atoms with van der Waals surface area (Å²) in [6.45, 7) is 7.21. The zero-order chi connectivity index (χ0) is 9.07. The fourth-order valence-electron chi connectivity index (χ4n) is 0.883. The summed E-state index contributed by atoms with van der Waals surface area (Å²) >= 11 is 0. The van der Waals surface area contributed by atoms with E-state index >= 15 is 0 Å². The van der Waals surface area contributed by atoms with Gasteiger partial charge in [-0.2, -0.15) is 0 Å². The van der Waals surface area contributed by atoms with Gasteiger partial charge in [0.05, 0.1) is 6.10 Å². The SMILES string of the molecule is CC(C)OC(C)(C)C(=O)O[SiH3]. The minimum atomic E-state index is -0.796. The average Bonchev–Trinajstić information content (AvgIpc) is 1.83. The zero-order valence-electron chi connectivity index (χ0n) is 7.80. The molecule has 0 saturated heterocycles. The van der Waals surface area contributed by atoms with E-state index in [1.54, 1.807) is 13.8 Å². The van der Waals surface area contributed by atoms with Gasteiger partial charge in [0.25, 0.3) is 0 Å². The van der Waals surface area contributed by atoms with Crippen LogP contribution < -0.4 is 0 Å². The summed E-state index contributed by atoms with van der Waals surface area (Å²) in [5.74, 6) is -0.280. The van der Waals surface area contributed by atoms with E-state index in [1.165, 1.54) is 0 Å². The minimum Gasteiger partial charge on any atom is -0.527 e. The predicted octanol–water partition coefficient (Wildman–Crippen LogP) is 0.0136. The first-order valence-electron chi connectivity index (χ1n) is 3.66. The predicted molar refractivity (Wildman–Crippen MR) is 46.3 cm³/mol. The summed E-state index contributed by atoms with van der Waals surface area (Å²) in [5, 5.41) is 0. The number of carbonyl (C=O) groups excluding carboxylic acids is 1. The minimum absolute atomic E-state index is 0.0470. The van der Waals surface area contributed by atoms with E-state index in [0.29, 0.717) is 10.5 Å². The molecule has 0 bridgehead atoms. The largest absolute Gasteiger partial charge is 0.527 e. The first-order valence-corrected chi connectivity index (χ1v) is 4.48. The van der Waals surface area contributed by atoms with Crippen LogP contribution in [-0.4, -0.2) is 28.2 Å². The molecule has 0 amide bonds. The first-order chi connectivity index (χ1) is 4.90. The molecule has 0 unspecified atom stereocenters. The lowest BCUT2D eigenvalue weighted by Gasteiger charge is -2.24. The second-order valence-electron chi connectivity index (χ2n) is 3.17. The Labute approximate surface area is 70.6 Å². The number of rotatable bonds is 3. The molecule has 0 fully saturated rings. The van der Waals surface area contributed by atoms with Gasteiger partial charge in [-0.15, -0.1) is 0 Å². The lowest BCUT2D eigenvalue weighted by molar-refractivity contribution is -0.162. The molecule has 0 aromatic carbocycles. The third-order valence-electron chi connectivity index (χ3n) is 1.21. The Hall–Kier alpha value is -0.353. The summed E-state index contributed by atoms with van der Waals surface area (Å²) in [5.41, 5.74) is -0.796. The number of hydrogen-bond acceptors (Lipinski definition) is 3. The highest BCUT2D eigenvalue weighted by atomic mass is 28.2. The highest BCUT2D eigenvalue weighted by Gasteiger charge is 2.29. The molecule has 0 rings (SSSR count). The Morgan fingerprint density at radius 1 is 1.45 bits per heavy atom. The van der Waals surface area contributed by atoms with Crippen molar-refractivity contribution >= 4 is 16.5 Å². The van der Waals surface area contributed by atoms with Gasteiger partial charge >= 0.3 is 5.97 Å². The molecule has 0 atom stereocenters. The van der Waals surface area contributed by atoms with Crippen molar-refractivity contribution < 1.29 is 14.0 Å². The van der Waals surface area contributed by atoms with Gasteiger partial charge in [-0.1, -0.05) is 0 Å². The number of carbonyl (C=O) groups is 1. The molecular weight excluding hydrogens is 160 g/mol. The fraction of sp³-hybridized carbons (Fsp3) is 0.857. The lowest BCUT2D eigenvalue weighted by atomic mass is 10.1. The van der Waals surface area contributed by atoms with Crippen molar-refractivity contribution in [2.24, 2.45) is 0 Å². The van der Waals surface area contributed by atoms with Crippen molar-refractivity contribution in [2.75, 3.05) is 0 Å². The van der Waals surface area contributed by atoms with Crippen molar-refractivity contribution in [3.63, 3.8) is 0 Å². The van der Waals surface area contributed by atoms with Crippen molar-refractivity contribution in [3.8, 4) is 0 Å². The summed E-state index contributed by atoms with van der Waals surface area (Å²) < 4.78 is 10.0. The van der Waals surface area contributed by atoms with Gasteiger partial charge in [-0.05, 0) is 27.7 Å². The maximum absolute atomic E-state index is 11.1. The molecule has 0 saturated carbocycles. The second kappa shape index (κ2) is 3.87. The number of hydrogen-bond donors (Lipinski definition) is 0. The molecule has 3 nitrogen and oxygen atoms in total. The molecule has 0 aromatic heterocycles. The monoisotopic (exact) mass is 176 g/mol.